The molecule has 4 aromatic rings. The minimum absolute atomic E-state index is 0.00000255. The number of aromatic hydroxyl groups is 1. The number of anilines is 3. The number of carbonyl (C=O) groups is 4. The Kier molecular flexibility index (Phi) is 8.24. The molecule has 3 aliphatic heterocycles. The number of hydrogen-bond acceptors (Lipinski definition) is 9. The largest absolute Gasteiger partial charge is 0.506 e. The molecular weight excluding hydrogens is 673 g/mol. The van der Waals surface area contributed by atoms with E-state index < -0.39 is 51.9 Å². The zero-order valence-electron chi connectivity index (χ0n) is 26.9. The molecule has 0 spiro atoms. The first-order chi connectivity index (χ1) is 23.8. The van der Waals surface area contributed by atoms with Gasteiger partial charge in [-0.2, -0.15) is 8.42 Å². The molecule has 2 unspecified atom stereocenters. The van der Waals surface area contributed by atoms with Gasteiger partial charge in [-0.15, -0.1) is 0 Å². The van der Waals surface area contributed by atoms with E-state index in [9.17, 15) is 37.5 Å². The van der Waals surface area contributed by atoms with E-state index >= 15 is 4.39 Å². The number of phenols is 1. The number of halogens is 1. The number of imidazole rings is 1. The van der Waals surface area contributed by atoms with Crippen molar-refractivity contribution < 1.29 is 37.1 Å². The van der Waals surface area contributed by atoms with E-state index in [-0.39, 0.29) is 53.5 Å². The fourth-order valence-corrected chi connectivity index (χ4v) is 8.34. The third-order valence-corrected chi connectivity index (χ3v) is 11.0. The van der Waals surface area contributed by atoms with E-state index in [1.54, 1.807) is 11.8 Å². The number of hydrogen-bond donors (Lipinski definition) is 4. The monoisotopic (exact) mass is 707 g/mol. The Morgan fingerprint density at radius 2 is 1.80 bits per heavy atom. The van der Waals surface area contributed by atoms with Crippen LogP contribution in [0.2, 0.25) is 0 Å². The third kappa shape index (κ3) is 5.90. The smallest absolute Gasteiger partial charge is 0.329 e. The molecule has 3 fully saturated rings. The molecule has 0 radical (unpaired) electrons. The predicted molar refractivity (Wildman–Crippen MR) is 181 cm³/mol. The Balaban J connectivity index is 1.01. The van der Waals surface area contributed by atoms with E-state index in [0.717, 1.165) is 31.5 Å². The highest BCUT2D eigenvalue weighted by atomic mass is 32.2. The van der Waals surface area contributed by atoms with Gasteiger partial charge in [-0.25, -0.2) is 18.2 Å². The molecular formula is C33H34FN7O8S. The molecule has 4 heterocycles. The van der Waals surface area contributed by atoms with Crippen molar-refractivity contribution in [1.82, 2.24) is 19.2 Å². The second-order valence-electron chi connectivity index (χ2n) is 12.9. The van der Waals surface area contributed by atoms with Crippen LogP contribution in [0.25, 0.3) is 21.8 Å². The van der Waals surface area contributed by atoms with Gasteiger partial charge in [0.05, 0.1) is 11.0 Å². The Hall–Kier alpha value is -5.45. The van der Waals surface area contributed by atoms with Crippen molar-refractivity contribution in [1.29, 1.82) is 0 Å². The third-order valence-electron chi connectivity index (χ3n) is 9.67. The predicted octanol–water partition coefficient (Wildman–Crippen LogP) is 2.13. The summed E-state index contributed by atoms with van der Waals surface area (Å²) in [6.45, 7) is 0.758. The van der Waals surface area contributed by atoms with Gasteiger partial charge in [-0.1, -0.05) is 0 Å². The summed E-state index contributed by atoms with van der Waals surface area (Å²) in [6, 6.07) is 10.4. The summed E-state index contributed by atoms with van der Waals surface area (Å²) in [5, 5.41) is 15.9. The van der Waals surface area contributed by atoms with Gasteiger partial charge >= 0.3 is 15.9 Å². The Labute approximate surface area is 284 Å². The molecule has 3 aliphatic rings. The average molecular weight is 708 g/mol. The summed E-state index contributed by atoms with van der Waals surface area (Å²) in [5.41, 5.74) is 1.60. The summed E-state index contributed by atoms with van der Waals surface area (Å²) < 4.78 is 45.1. The van der Waals surface area contributed by atoms with Gasteiger partial charge in [-0.05, 0) is 79.5 Å². The lowest BCUT2D eigenvalue weighted by Crippen LogP contribution is -2.44. The van der Waals surface area contributed by atoms with Crippen molar-refractivity contribution >= 4 is 72.7 Å². The molecule has 50 heavy (non-hydrogen) atoms. The van der Waals surface area contributed by atoms with Gasteiger partial charge in [-0.3, -0.25) is 33.6 Å². The topological polar surface area (TPSA) is 192 Å². The van der Waals surface area contributed by atoms with E-state index in [2.05, 4.69) is 15.5 Å². The number of phenolic OH excluding ortho intramolecular Hbond substituents is 1. The number of rotatable bonds is 6. The quantitative estimate of drug-likeness (QED) is 0.218. The summed E-state index contributed by atoms with van der Waals surface area (Å²) in [6.07, 6.45) is 3.05. The zero-order valence-corrected chi connectivity index (χ0v) is 27.8. The first-order valence-electron chi connectivity index (χ1n) is 16.2. The molecule has 3 saturated heterocycles. The SMILES string of the molecule is Cn1c(=O)n(C2CCC(=O)NC2=O)c2ccc(N3CCCC(CC(=O)Nc4ccc5c(F)c(N6CC(=O)NS6(=O)=O)c(O)cc5c4)CC3)cc21. The maximum atomic E-state index is 15.4. The van der Waals surface area contributed by atoms with Crippen molar-refractivity contribution in [3.63, 3.8) is 0 Å². The molecule has 7 rings (SSSR count). The van der Waals surface area contributed by atoms with Crippen LogP contribution in [0.5, 0.6) is 5.75 Å². The van der Waals surface area contributed by atoms with Gasteiger partial charge in [0, 0.05) is 49.7 Å². The molecule has 262 valence electrons. The Morgan fingerprint density at radius 1 is 1.00 bits per heavy atom. The van der Waals surface area contributed by atoms with Crippen molar-refractivity contribution in [2.75, 3.05) is 34.2 Å². The fraction of sp³-hybridized carbons (Fsp3) is 0.364. The van der Waals surface area contributed by atoms with Crippen LogP contribution < -0.4 is 30.3 Å². The van der Waals surface area contributed by atoms with E-state index in [1.165, 1.54) is 33.4 Å². The van der Waals surface area contributed by atoms with Crippen LogP contribution in [0.15, 0.2) is 47.3 Å². The van der Waals surface area contributed by atoms with Gasteiger partial charge < -0.3 is 15.3 Å². The lowest BCUT2D eigenvalue weighted by atomic mass is 9.96. The number of benzene rings is 3. The molecule has 1 aromatic heterocycles. The van der Waals surface area contributed by atoms with E-state index in [1.807, 2.05) is 18.2 Å². The number of nitrogens with one attached hydrogen (secondary N) is 3. The number of aryl methyl sites for hydroxylation is 1. The summed E-state index contributed by atoms with van der Waals surface area (Å²) in [5.74, 6) is -3.52. The minimum atomic E-state index is -4.34. The fourth-order valence-electron chi connectivity index (χ4n) is 7.18. The van der Waals surface area contributed by atoms with Crippen LogP contribution in [0.1, 0.15) is 44.6 Å². The standard InChI is InChI=1S/C33H34FN7O8S/c1-38-25-16-21(5-7-23(25)41(33(38)47)24-8-9-27(43)36-32(24)46)39-11-2-3-18(10-12-39)13-28(44)35-20-4-6-22-19(14-20)15-26(42)31(30(22)34)40-17-29(45)37-50(40,48)49/h4-7,14-16,18,24,42H,2-3,8-13,17H2,1H3,(H,35,44)(H,37,45)(H,36,43,46). The average Bonchev–Trinajstić information content (AvgIpc) is 3.32. The molecule has 0 bridgehead atoms. The van der Waals surface area contributed by atoms with Gasteiger partial charge in [0.15, 0.2) is 5.82 Å². The second-order valence-corrected chi connectivity index (χ2v) is 14.5. The molecule has 17 heteroatoms. The van der Waals surface area contributed by atoms with Crippen molar-refractivity contribution in [2.24, 2.45) is 13.0 Å². The first-order valence-corrected chi connectivity index (χ1v) is 17.6. The number of piperidine rings is 1. The van der Waals surface area contributed by atoms with Crippen LogP contribution >= 0.6 is 0 Å². The van der Waals surface area contributed by atoms with Crippen LogP contribution in [-0.4, -0.2) is 65.9 Å². The number of fused-ring (bicyclic) bond motifs is 2. The summed E-state index contributed by atoms with van der Waals surface area (Å²) in [4.78, 5) is 64.3. The summed E-state index contributed by atoms with van der Waals surface area (Å²) in [7, 11) is -2.69. The number of amides is 4. The molecule has 4 amide bonds. The normalized spacial score (nSPS) is 21.0. The van der Waals surface area contributed by atoms with Crippen LogP contribution in [0.3, 0.4) is 0 Å². The van der Waals surface area contributed by atoms with Crippen molar-refractivity contribution in [2.45, 2.75) is 44.6 Å². The highest BCUT2D eigenvalue weighted by Crippen LogP contribution is 2.39. The second kappa shape index (κ2) is 12.5. The summed E-state index contributed by atoms with van der Waals surface area (Å²) >= 11 is 0. The maximum Gasteiger partial charge on any atom is 0.329 e. The van der Waals surface area contributed by atoms with Crippen LogP contribution in [-0.2, 0) is 36.4 Å². The van der Waals surface area contributed by atoms with Gasteiger partial charge in [0.25, 0.3) is 5.91 Å². The molecule has 4 N–H and O–H groups in total. The maximum absolute atomic E-state index is 15.4. The molecule has 15 nitrogen and oxygen atoms in total. The molecule has 3 aromatic carbocycles. The number of nitrogens with zero attached hydrogens (tertiary/aromatic N) is 4. The van der Waals surface area contributed by atoms with Crippen LogP contribution in [0.4, 0.5) is 21.5 Å². The Morgan fingerprint density at radius 3 is 2.54 bits per heavy atom. The van der Waals surface area contributed by atoms with Crippen LogP contribution in [0, 0.1) is 11.7 Å². The highest BCUT2D eigenvalue weighted by molar-refractivity contribution is 7.92. The lowest BCUT2D eigenvalue weighted by molar-refractivity contribution is -0.135. The number of carbonyl (C=O) groups excluding carboxylic acids is 4. The van der Waals surface area contributed by atoms with Crippen molar-refractivity contribution in [3.8, 4) is 5.75 Å². The highest BCUT2D eigenvalue weighted by Gasteiger charge is 2.38. The minimum Gasteiger partial charge on any atom is -0.506 e. The Bertz CT molecular complexity index is 2280. The van der Waals surface area contributed by atoms with Gasteiger partial charge in [0.2, 0.25) is 17.7 Å². The lowest BCUT2D eigenvalue weighted by Gasteiger charge is -2.24. The van der Waals surface area contributed by atoms with E-state index in [4.69, 9.17) is 0 Å². The molecule has 0 aliphatic carbocycles. The van der Waals surface area contributed by atoms with Gasteiger partial charge in [0.1, 0.15) is 24.0 Å². The first kappa shape index (κ1) is 33.1. The number of imide groups is 1. The molecule has 0 saturated carbocycles. The van der Waals surface area contributed by atoms with Crippen molar-refractivity contribution in [3.05, 3.63) is 58.8 Å². The number of aromatic nitrogens is 2. The van der Waals surface area contributed by atoms with E-state index in [0.29, 0.717) is 27.6 Å². The zero-order chi connectivity index (χ0) is 35.5. The molecule has 2 atom stereocenters.